The normalized spacial score (nSPS) is 13.1. The van der Waals surface area contributed by atoms with Crippen LogP contribution in [0.15, 0.2) is 97.1 Å². The van der Waals surface area contributed by atoms with E-state index < -0.39 is 11.6 Å². The molecular formula is C30H16O2. The summed E-state index contributed by atoms with van der Waals surface area (Å²) in [5.41, 5.74) is 2.74. The van der Waals surface area contributed by atoms with Crippen LogP contribution in [0, 0.1) is 0 Å². The highest BCUT2D eigenvalue weighted by atomic mass is 16.2. The highest BCUT2D eigenvalue weighted by Gasteiger charge is 2.33. The van der Waals surface area contributed by atoms with Gasteiger partial charge in [0.2, 0.25) is 11.6 Å². The molecule has 0 saturated carbocycles. The minimum Gasteiger partial charge on any atom is -0.285 e. The molecule has 6 aromatic rings. The van der Waals surface area contributed by atoms with Gasteiger partial charge in [0.1, 0.15) is 0 Å². The SMILES string of the molecule is O=C1C(=O)c2ccc3ccc4ccccc4c3c2-c2c1ccc1ccc3ccccc3c21. The lowest BCUT2D eigenvalue weighted by atomic mass is 9.77. The Labute approximate surface area is 183 Å². The van der Waals surface area contributed by atoms with Crippen LogP contribution in [0.1, 0.15) is 20.7 Å². The summed E-state index contributed by atoms with van der Waals surface area (Å²) in [6.07, 6.45) is 0. The molecule has 0 amide bonds. The van der Waals surface area contributed by atoms with Gasteiger partial charge in [-0.05, 0) is 55.2 Å². The maximum absolute atomic E-state index is 13.2. The number of benzene rings is 6. The van der Waals surface area contributed by atoms with E-state index in [0.29, 0.717) is 11.1 Å². The molecule has 0 N–H and O–H groups in total. The highest BCUT2D eigenvalue weighted by Crippen LogP contribution is 2.46. The molecule has 2 nitrogen and oxygen atoms in total. The van der Waals surface area contributed by atoms with E-state index in [2.05, 4.69) is 48.5 Å². The molecular weight excluding hydrogens is 392 g/mol. The Balaban J connectivity index is 1.81. The van der Waals surface area contributed by atoms with E-state index in [9.17, 15) is 9.59 Å². The minimum absolute atomic E-state index is 0.429. The molecule has 0 radical (unpaired) electrons. The van der Waals surface area contributed by atoms with Gasteiger partial charge in [0.15, 0.2) is 0 Å². The molecule has 1 aliphatic carbocycles. The van der Waals surface area contributed by atoms with Crippen molar-refractivity contribution in [3.05, 3.63) is 108 Å². The van der Waals surface area contributed by atoms with Crippen molar-refractivity contribution in [3.63, 3.8) is 0 Å². The fourth-order valence-corrected chi connectivity index (χ4v) is 5.34. The van der Waals surface area contributed by atoms with E-state index in [-0.39, 0.29) is 0 Å². The van der Waals surface area contributed by atoms with Gasteiger partial charge in [0.25, 0.3) is 0 Å². The van der Waals surface area contributed by atoms with E-state index in [1.807, 2.05) is 48.5 Å². The number of carbonyl (C=O) groups is 2. The summed E-state index contributed by atoms with van der Waals surface area (Å²) in [7, 11) is 0. The van der Waals surface area contributed by atoms with Crippen LogP contribution in [0.3, 0.4) is 0 Å². The number of rotatable bonds is 0. The van der Waals surface area contributed by atoms with E-state index in [1.165, 1.54) is 0 Å². The molecule has 0 unspecified atom stereocenters. The molecule has 0 bridgehead atoms. The van der Waals surface area contributed by atoms with Crippen LogP contribution in [0.5, 0.6) is 0 Å². The fraction of sp³-hybridized carbons (Fsp3) is 0. The maximum atomic E-state index is 13.2. The van der Waals surface area contributed by atoms with Gasteiger partial charge in [-0.1, -0.05) is 84.9 Å². The third kappa shape index (κ3) is 2.13. The summed E-state index contributed by atoms with van der Waals surface area (Å²) >= 11 is 0. The molecule has 32 heavy (non-hydrogen) atoms. The highest BCUT2D eigenvalue weighted by molar-refractivity contribution is 6.55. The van der Waals surface area contributed by atoms with Crippen LogP contribution < -0.4 is 0 Å². The average Bonchev–Trinajstić information content (AvgIpc) is 2.85. The van der Waals surface area contributed by atoms with Crippen molar-refractivity contribution in [1.29, 1.82) is 0 Å². The van der Waals surface area contributed by atoms with Crippen LogP contribution >= 0.6 is 0 Å². The number of Topliss-reactive ketones (excluding diaryl/α,β-unsaturated/α-hetero) is 2. The van der Waals surface area contributed by atoms with E-state index in [0.717, 1.165) is 54.2 Å². The van der Waals surface area contributed by atoms with Crippen LogP contribution in [0.2, 0.25) is 0 Å². The van der Waals surface area contributed by atoms with Crippen LogP contribution in [0.4, 0.5) is 0 Å². The van der Waals surface area contributed by atoms with Crippen molar-refractivity contribution in [2.24, 2.45) is 0 Å². The van der Waals surface area contributed by atoms with Gasteiger partial charge in [-0.25, -0.2) is 0 Å². The van der Waals surface area contributed by atoms with Crippen LogP contribution in [-0.2, 0) is 0 Å². The minimum atomic E-state index is -0.429. The van der Waals surface area contributed by atoms with Crippen molar-refractivity contribution < 1.29 is 9.59 Å². The first kappa shape index (κ1) is 17.4. The molecule has 0 aromatic heterocycles. The molecule has 1 aliphatic rings. The lowest BCUT2D eigenvalue weighted by molar-refractivity contribution is 0.0815. The molecule has 0 heterocycles. The van der Waals surface area contributed by atoms with Crippen LogP contribution in [0.25, 0.3) is 54.2 Å². The Morgan fingerprint density at radius 3 is 1.22 bits per heavy atom. The van der Waals surface area contributed by atoms with Gasteiger partial charge < -0.3 is 0 Å². The first-order valence-electron chi connectivity index (χ1n) is 10.7. The second-order valence-electron chi connectivity index (χ2n) is 8.40. The van der Waals surface area contributed by atoms with Gasteiger partial charge in [0.05, 0.1) is 0 Å². The first-order valence-corrected chi connectivity index (χ1v) is 10.7. The second kappa shape index (κ2) is 6.12. The average molecular weight is 408 g/mol. The standard InChI is InChI=1S/C30H16O2/c31-29-23-15-13-19-11-9-17-5-1-3-7-21(17)25(19)27(23)28-24(30(29)32)16-14-20-12-10-18-6-2-4-8-22(18)26(20)28/h1-16H. The molecule has 2 heteroatoms. The Morgan fingerprint density at radius 1 is 0.375 bits per heavy atom. The Bertz CT molecular complexity index is 1670. The predicted molar refractivity (Wildman–Crippen MR) is 131 cm³/mol. The molecule has 0 atom stereocenters. The third-order valence-electron chi connectivity index (χ3n) is 6.77. The number of carbonyl (C=O) groups excluding carboxylic acids is 2. The van der Waals surface area contributed by atoms with Crippen molar-refractivity contribution in [2.75, 3.05) is 0 Å². The lowest BCUT2D eigenvalue weighted by Crippen LogP contribution is -2.21. The van der Waals surface area contributed by atoms with Crippen molar-refractivity contribution >= 4 is 54.7 Å². The topological polar surface area (TPSA) is 34.1 Å². The van der Waals surface area contributed by atoms with E-state index in [4.69, 9.17) is 0 Å². The lowest BCUT2D eigenvalue weighted by Gasteiger charge is -2.23. The van der Waals surface area contributed by atoms with Gasteiger partial charge in [-0.3, -0.25) is 9.59 Å². The molecule has 0 saturated heterocycles. The van der Waals surface area contributed by atoms with Crippen molar-refractivity contribution in [2.45, 2.75) is 0 Å². The zero-order valence-electron chi connectivity index (χ0n) is 17.1. The van der Waals surface area contributed by atoms with Crippen molar-refractivity contribution in [3.8, 4) is 11.1 Å². The monoisotopic (exact) mass is 408 g/mol. The summed E-state index contributed by atoms with van der Waals surface area (Å²) < 4.78 is 0. The number of ketones is 2. The predicted octanol–water partition coefficient (Wildman–Crippen LogP) is 7.35. The largest absolute Gasteiger partial charge is 0.285 e. The summed E-state index contributed by atoms with van der Waals surface area (Å²) in [6, 6.07) is 32.4. The number of hydrogen-bond acceptors (Lipinski definition) is 2. The number of hydrogen-bond donors (Lipinski definition) is 0. The third-order valence-corrected chi connectivity index (χ3v) is 6.77. The molecule has 148 valence electrons. The molecule has 0 aliphatic heterocycles. The summed E-state index contributed by atoms with van der Waals surface area (Å²) in [6.45, 7) is 0. The van der Waals surface area contributed by atoms with Gasteiger partial charge >= 0.3 is 0 Å². The van der Waals surface area contributed by atoms with Crippen LogP contribution in [-0.4, -0.2) is 11.6 Å². The summed E-state index contributed by atoms with van der Waals surface area (Å²) in [4.78, 5) is 26.4. The summed E-state index contributed by atoms with van der Waals surface area (Å²) in [5.74, 6) is -0.858. The zero-order chi connectivity index (χ0) is 21.4. The quantitative estimate of drug-likeness (QED) is 0.195. The first-order chi connectivity index (χ1) is 15.7. The van der Waals surface area contributed by atoms with Gasteiger partial charge in [-0.15, -0.1) is 0 Å². The van der Waals surface area contributed by atoms with E-state index in [1.54, 1.807) is 0 Å². The van der Waals surface area contributed by atoms with Gasteiger partial charge in [-0.2, -0.15) is 0 Å². The van der Waals surface area contributed by atoms with Gasteiger partial charge in [0, 0.05) is 22.3 Å². The molecule has 6 aromatic carbocycles. The Kier molecular flexibility index (Phi) is 3.32. The maximum Gasteiger partial charge on any atom is 0.234 e. The molecule has 7 rings (SSSR count). The zero-order valence-corrected chi connectivity index (χ0v) is 17.1. The Hall–Kier alpha value is -4.30. The summed E-state index contributed by atoms with van der Waals surface area (Å²) in [5, 5.41) is 8.60. The number of fused-ring (bicyclic) bond motifs is 11. The second-order valence-corrected chi connectivity index (χ2v) is 8.40. The smallest absolute Gasteiger partial charge is 0.234 e. The van der Waals surface area contributed by atoms with Crippen molar-refractivity contribution in [1.82, 2.24) is 0 Å². The fourth-order valence-electron chi connectivity index (χ4n) is 5.34. The molecule has 0 spiro atoms. The van der Waals surface area contributed by atoms with E-state index >= 15 is 0 Å². The Morgan fingerprint density at radius 2 is 0.750 bits per heavy atom. The molecule has 0 fully saturated rings.